The molecule has 0 bridgehead atoms. The van der Waals surface area contributed by atoms with Gasteiger partial charge in [0, 0.05) is 19.6 Å². The second-order valence-corrected chi connectivity index (χ2v) is 5.55. The Labute approximate surface area is 118 Å². The van der Waals surface area contributed by atoms with E-state index in [-0.39, 0.29) is 18.0 Å². The Kier molecular flexibility index (Phi) is 3.59. The van der Waals surface area contributed by atoms with E-state index in [2.05, 4.69) is 29.2 Å². The number of benzene rings is 1. The number of hydrogen-bond donors (Lipinski definition) is 1. The number of likely N-dealkylation sites (tertiary alicyclic amines) is 1. The lowest BCUT2D eigenvalue weighted by Gasteiger charge is -2.37. The third kappa shape index (κ3) is 2.62. The van der Waals surface area contributed by atoms with E-state index < -0.39 is 0 Å². The zero-order valence-electron chi connectivity index (χ0n) is 11.6. The van der Waals surface area contributed by atoms with Crippen LogP contribution in [0.1, 0.15) is 12.0 Å². The van der Waals surface area contributed by atoms with E-state index in [1.54, 1.807) is 0 Å². The van der Waals surface area contributed by atoms with Gasteiger partial charge in [0.05, 0.1) is 19.1 Å². The first-order valence-corrected chi connectivity index (χ1v) is 6.95. The second kappa shape index (κ2) is 5.38. The summed E-state index contributed by atoms with van der Waals surface area (Å²) in [6, 6.07) is 6.32. The van der Waals surface area contributed by atoms with Crippen molar-refractivity contribution in [1.82, 2.24) is 4.90 Å². The van der Waals surface area contributed by atoms with E-state index in [0.717, 1.165) is 24.9 Å². The van der Waals surface area contributed by atoms with Gasteiger partial charge in [-0.3, -0.25) is 9.69 Å². The first kappa shape index (κ1) is 13.3. The van der Waals surface area contributed by atoms with Crippen LogP contribution in [0.5, 0.6) is 0 Å². The minimum absolute atomic E-state index is 0.0349. The zero-order valence-corrected chi connectivity index (χ0v) is 11.6. The van der Waals surface area contributed by atoms with Gasteiger partial charge in [0.25, 0.3) is 0 Å². The summed E-state index contributed by atoms with van der Waals surface area (Å²) in [7, 11) is 1.44. The van der Waals surface area contributed by atoms with Crippen LogP contribution in [0.3, 0.4) is 0 Å². The summed E-state index contributed by atoms with van der Waals surface area (Å²) in [4.78, 5) is 13.6. The van der Waals surface area contributed by atoms with E-state index >= 15 is 0 Å². The average Bonchev–Trinajstić information content (AvgIpc) is 2.41. The van der Waals surface area contributed by atoms with Crippen molar-refractivity contribution in [3.63, 3.8) is 0 Å². The molecule has 106 valence electrons. The molecule has 1 atom stereocenters. The molecular formula is C16H19NO3. The van der Waals surface area contributed by atoms with E-state index in [9.17, 15) is 9.90 Å². The maximum absolute atomic E-state index is 11.3. The molecule has 0 radical (unpaired) electrons. The Balaban J connectivity index is 1.66. The van der Waals surface area contributed by atoms with Crippen LogP contribution in [0.4, 0.5) is 0 Å². The van der Waals surface area contributed by atoms with Gasteiger partial charge in [0.15, 0.2) is 0 Å². The van der Waals surface area contributed by atoms with Crippen LogP contribution in [0.2, 0.25) is 0 Å². The Hall–Kier alpha value is -1.65. The minimum Gasteiger partial charge on any atom is -0.469 e. The van der Waals surface area contributed by atoms with Crippen LogP contribution < -0.4 is 10.4 Å². The Morgan fingerprint density at radius 3 is 2.95 bits per heavy atom. The molecule has 20 heavy (non-hydrogen) atoms. The number of fused-ring (bicyclic) bond motifs is 1. The van der Waals surface area contributed by atoms with Crippen molar-refractivity contribution in [1.29, 1.82) is 0 Å². The van der Waals surface area contributed by atoms with Crippen LogP contribution in [0, 0.1) is 5.92 Å². The van der Waals surface area contributed by atoms with Gasteiger partial charge < -0.3 is 9.84 Å². The third-order valence-corrected chi connectivity index (χ3v) is 4.00. The molecular weight excluding hydrogens is 254 g/mol. The van der Waals surface area contributed by atoms with Crippen LogP contribution in [-0.2, 0) is 16.1 Å². The number of methoxy groups -OCH3 is 1. The third-order valence-electron chi connectivity index (χ3n) is 4.00. The standard InChI is InChI=1S/C16H19NO3/c1-20-16(19)14-9-17(10-14)8-11-2-3-13-7-15(18)5-4-12(13)6-11/h2-4,6-7,14-15,18H,5,8-10H2,1H3. The zero-order chi connectivity index (χ0) is 14.1. The smallest absolute Gasteiger partial charge is 0.311 e. The van der Waals surface area contributed by atoms with E-state index in [1.807, 2.05) is 6.08 Å². The first-order chi connectivity index (χ1) is 9.65. The number of carbonyl (C=O) groups excluding carboxylic acids is 1. The molecule has 1 aliphatic heterocycles. The highest BCUT2D eigenvalue weighted by molar-refractivity contribution is 5.73. The lowest BCUT2D eigenvalue weighted by Crippen LogP contribution is -2.50. The number of aliphatic hydroxyl groups is 1. The predicted octanol–water partition coefficient (Wildman–Crippen LogP) is -0.383. The molecule has 0 saturated carbocycles. The maximum Gasteiger partial charge on any atom is 0.311 e. The quantitative estimate of drug-likeness (QED) is 0.763. The van der Waals surface area contributed by atoms with Crippen molar-refractivity contribution in [3.8, 4) is 0 Å². The lowest BCUT2D eigenvalue weighted by molar-refractivity contribution is -0.151. The molecule has 3 rings (SSSR count). The molecule has 1 saturated heterocycles. The predicted molar refractivity (Wildman–Crippen MR) is 76.0 cm³/mol. The Morgan fingerprint density at radius 1 is 1.40 bits per heavy atom. The van der Waals surface area contributed by atoms with Gasteiger partial charge in [-0.15, -0.1) is 0 Å². The van der Waals surface area contributed by atoms with Crippen molar-refractivity contribution in [2.45, 2.75) is 19.1 Å². The minimum atomic E-state index is -0.357. The molecule has 1 heterocycles. The molecule has 1 aromatic rings. The summed E-state index contributed by atoms with van der Waals surface area (Å²) in [6.07, 6.45) is 4.31. The van der Waals surface area contributed by atoms with Gasteiger partial charge in [-0.1, -0.05) is 24.3 Å². The van der Waals surface area contributed by atoms with Gasteiger partial charge in [-0.25, -0.2) is 0 Å². The number of hydrogen-bond acceptors (Lipinski definition) is 4. The highest BCUT2D eigenvalue weighted by Gasteiger charge is 2.33. The molecule has 1 N–H and O–H groups in total. The molecule has 0 spiro atoms. The van der Waals surface area contributed by atoms with Crippen LogP contribution in [0.25, 0.3) is 12.2 Å². The van der Waals surface area contributed by atoms with Crippen molar-refractivity contribution in [2.24, 2.45) is 5.92 Å². The van der Waals surface area contributed by atoms with Crippen LogP contribution >= 0.6 is 0 Å². The molecule has 0 amide bonds. The van der Waals surface area contributed by atoms with Gasteiger partial charge in [0.2, 0.25) is 0 Å². The molecule has 4 heteroatoms. The van der Waals surface area contributed by atoms with Crippen molar-refractivity contribution in [2.75, 3.05) is 20.2 Å². The number of ether oxygens (including phenoxy) is 1. The fourth-order valence-corrected chi connectivity index (χ4v) is 2.85. The molecule has 1 fully saturated rings. The van der Waals surface area contributed by atoms with Crippen molar-refractivity contribution in [3.05, 3.63) is 34.2 Å². The number of rotatable bonds is 3. The highest BCUT2D eigenvalue weighted by atomic mass is 16.5. The topological polar surface area (TPSA) is 49.8 Å². The molecule has 1 aliphatic carbocycles. The highest BCUT2D eigenvalue weighted by Crippen LogP contribution is 2.19. The number of aliphatic hydroxyl groups excluding tert-OH is 1. The van der Waals surface area contributed by atoms with Crippen LogP contribution in [-0.4, -0.2) is 42.3 Å². The fraction of sp³-hybridized carbons (Fsp3) is 0.438. The second-order valence-electron chi connectivity index (χ2n) is 5.55. The number of carbonyl (C=O) groups is 1. The number of esters is 1. The van der Waals surface area contributed by atoms with Gasteiger partial charge in [-0.05, 0) is 28.5 Å². The SMILES string of the molecule is COC(=O)C1CN(Cc2ccc3c(c2)=CCC(O)C=3)C1. The molecule has 1 unspecified atom stereocenters. The Morgan fingerprint density at radius 2 is 2.20 bits per heavy atom. The van der Waals surface area contributed by atoms with Gasteiger partial charge in [0.1, 0.15) is 0 Å². The van der Waals surface area contributed by atoms with E-state index in [4.69, 9.17) is 4.74 Å². The van der Waals surface area contributed by atoms with Crippen molar-refractivity contribution >= 4 is 18.1 Å². The summed E-state index contributed by atoms with van der Waals surface area (Å²) < 4.78 is 4.74. The summed E-state index contributed by atoms with van der Waals surface area (Å²) in [5.41, 5.74) is 1.24. The summed E-state index contributed by atoms with van der Waals surface area (Å²) >= 11 is 0. The summed E-state index contributed by atoms with van der Waals surface area (Å²) in [6.45, 7) is 2.41. The molecule has 2 aliphatic rings. The molecule has 4 nitrogen and oxygen atoms in total. The Bertz CT molecular complexity index is 632. The normalized spacial score (nSPS) is 22.2. The first-order valence-electron chi connectivity index (χ1n) is 6.95. The summed E-state index contributed by atoms with van der Waals surface area (Å²) in [5.74, 6) is -0.0729. The van der Waals surface area contributed by atoms with Crippen molar-refractivity contribution < 1.29 is 14.6 Å². The van der Waals surface area contributed by atoms with Gasteiger partial charge in [-0.2, -0.15) is 0 Å². The molecule has 0 aromatic heterocycles. The number of nitrogens with zero attached hydrogens (tertiary/aromatic N) is 1. The lowest BCUT2D eigenvalue weighted by atomic mass is 9.98. The monoisotopic (exact) mass is 273 g/mol. The van der Waals surface area contributed by atoms with Gasteiger partial charge >= 0.3 is 5.97 Å². The fourth-order valence-electron chi connectivity index (χ4n) is 2.85. The van der Waals surface area contributed by atoms with E-state index in [1.165, 1.54) is 17.9 Å². The molecule has 1 aromatic carbocycles. The maximum atomic E-state index is 11.3. The van der Waals surface area contributed by atoms with E-state index in [0.29, 0.717) is 6.42 Å². The average molecular weight is 273 g/mol. The largest absolute Gasteiger partial charge is 0.469 e. The van der Waals surface area contributed by atoms with Crippen LogP contribution in [0.15, 0.2) is 18.2 Å². The summed E-state index contributed by atoms with van der Waals surface area (Å²) in [5, 5.41) is 11.9.